The minimum Gasteiger partial charge on any atom is -0.436 e. The highest BCUT2D eigenvalue weighted by Crippen LogP contribution is 2.36. The number of nitrogens with zero attached hydrogens (tertiary/aromatic N) is 4. The van der Waals surface area contributed by atoms with Gasteiger partial charge in [-0.15, -0.1) is 0 Å². The monoisotopic (exact) mass is 457 g/mol. The molecule has 2 aliphatic rings. The zero-order valence-corrected chi connectivity index (χ0v) is 19.3. The first-order chi connectivity index (χ1) is 16.4. The number of anilines is 1. The molecule has 1 saturated carbocycles. The number of aliphatic hydroxyl groups is 1. The number of fused-ring (bicyclic) bond motifs is 2. The lowest BCUT2D eigenvalue weighted by Gasteiger charge is -2.37. The third-order valence-electron chi connectivity index (χ3n) is 6.99. The van der Waals surface area contributed by atoms with Crippen molar-refractivity contribution in [3.8, 4) is 11.5 Å². The van der Waals surface area contributed by atoms with Crippen LogP contribution in [-0.4, -0.2) is 51.0 Å². The van der Waals surface area contributed by atoms with Crippen molar-refractivity contribution < 1.29 is 14.3 Å². The van der Waals surface area contributed by atoms with Crippen molar-refractivity contribution in [2.75, 3.05) is 25.5 Å². The Morgan fingerprint density at radius 3 is 2.85 bits per heavy atom. The van der Waals surface area contributed by atoms with Crippen LogP contribution in [0.4, 0.5) is 5.82 Å². The second kappa shape index (κ2) is 7.85. The zero-order valence-electron chi connectivity index (χ0n) is 19.3. The van der Waals surface area contributed by atoms with Gasteiger partial charge in [-0.05, 0) is 70.0 Å². The van der Waals surface area contributed by atoms with Crippen LogP contribution in [0, 0.1) is 12.8 Å². The van der Waals surface area contributed by atoms with Gasteiger partial charge >= 0.3 is 0 Å². The van der Waals surface area contributed by atoms with E-state index in [-0.39, 0.29) is 11.8 Å². The van der Waals surface area contributed by atoms with Crippen LogP contribution in [0.15, 0.2) is 41.1 Å². The van der Waals surface area contributed by atoms with Gasteiger partial charge in [-0.1, -0.05) is 6.07 Å². The smallest absolute Gasteiger partial charge is 0.229 e. The number of benzene rings is 1. The van der Waals surface area contributed by atoms with Crippen molar-refractivity contribution in [3.05, 3.63) is 47.9 Å². The number of pyridine rings is 2. The maximum absolute atomic E-state index is 12.2. The predicted molar refractivity (Wildman–Crippen MR) is 129 cm³/mol. The highest BCUT2D eigenvalue weighted by molar-refractivity contribution is 6.00. The first-order valence-electron chi connectivity index (χ1n) is 11.8. The van der Waals surface area contributed by atoms with Crippen LogP contribution in [0.2, 0.25) is 0 Å². The number of β-amino-alcohol motifs (C(OH)–C–C–N with tert-alkyl or cyclic N) is 1. The van der Waals surface area contributed by atoms with Crippen LogP contribution in [0.3, 0.4) is 0 Å². The number of likely N-dealkylation sites (tertiary alicyclic amines) is 1. The molecule has 174 valence electrons. The molecular formula is C26H27N5O3. The number of oxazole rings is 1. The van der Waals surface area contributed by atoms with Crippen molar-refractivity contribution >= 4 is 33.6 Å². The molecular weight excluding hydrogens is 430 g/mol. The number of piperidine rings is 1. The fraction of sp³-hybridized carbons (Fsp3) is 0.385. The van der Waals surface area contributed by atoms with E-state index in [1.54, 1.807) is 12.4 Å². The fourth-order valence-electron chi connectivity index (χ4n) is 4.89. The van der Waals surface area contributed by atoms with Crippen LogP contribution in [0.5, 0.6) is 0 Å². The summed E-state index contributed by atoms with van der Waals surface area (Å²) in [6, 6.07) is 7.59. The molecule has 6 rings (SSSR count). The molecule has 1 aromatic carbocycles. The number of amides is 1. The van der Waals surface area contributed by atoms with E-state index in [0.29, 0.717) is 29.4 Å². The van der Waals surface area contributed by atoms with E-state index < -0.39 is 5.60 Å². The van der Waals surface area contributed by atoms with Crippen molar-refractivity contribution in [2.24, 2.45) is 5.92 Å². The van der Waals surface area contributed by atoms with Gasteiger partial charge in [-0.25, -0.2) is 9.97 Å². The molecule has 8 nitrogen and oxygen atoms in total. The number of hydrogen-bond donors (Lipinski definition) is 2. The third kappa shape index (κ3) is 3.73. The van der Waals surface area contributed by atoms with Gasteiger partial charge in [0.1, 0.15) is 16.9 Å². The molecule has 4 heterocycles. The molecule has 1 saturated heterocycles. The molecule has 0 radical (unpaired) electrons. The zero-order chi connectivity index (χ0) is 23.4. The highest BCUT2D eigenvalue weighted by atomic mass is 16.3. The minimum atomic E-state index is -0.890. The topological polar surface area (TPSA) is 104 Å². The number of nitrogens with one attached hydrogen (secondary N) is 1. The third-order valence-corrected chi connectivity index (χ3v) is 6.99. The average Bonchev–Trinajstić information content (AvgIpc) is 3.58. The lowest BCUT2D eigenvalue weighted by atomic mass is 9.86. The van der Waals surface area contributed by atoms with E-state index >= 15 is 0 Å². The van der Waals surface area contributed by atoms with Gasteiger partial charge in [0.15, 0.2) is 5.58 Å². The number of hydrogen-bond acceptors (Lipinski definition) is 7. The van der Waals surface area contributed by atoms with E-state index in [9.17, 15) is 9.90 Å². The lowest BCUT2D eigenvalue weighted by molar-refractivity contribution is -0.117. The molecule has 0 bridgehead atoms. The number of aryl methyl sites for hydroxylation is 1. The Morgan fingerprint density at radius 1 is 1.21 bits per heavy atom. The van der Waals surface area contributed by atoms with E-state index in [1.807, 2.05) is 38.2 Å². The molecule has 34 heavy (non-hydrogen) atoms. The molecule has 1 atom stereocenters. The largest absolute Gasteiger partial charge is 0.436 e. The second-order valence-corrected chi connectivity index (χ2v) is 9.71. The Kier molecular flexibility index (Phi) is 4.89. The summed E-state index contributed by atoms with van der Waals surface area (Å²) < 4.78 is 6.12. The minimum absolute atomic E-state index is 0.0138. The maximum Gasteiger partial charge on any atom is 0.229 e. The molecule has 0 unspecified atom stereocenters. The molecule has 2 N–H and O–H groups in total. The predicted octanol–water partition coefficient (Wildman–Crippen LogP) is 4.01. The molecule has 1 aliphatic carbocycles. The van der Waals surface area contributed by atoms with Gasteiger partial charge in [-0.3, -0.25) is 9.78 Å². The number of likely N-dealkylation sites (N-methyl/N-ethyl adjacent to an activating group) is 1. The normalized spacial score (nSPS) is 21.3. The van der Waals surface area contributed by atoms with Gasteiger partial charge in [-0.2, -0.15) is 0 Å². The van der Waals surface area contributed by atoms with Crippen molar-refractivity contribution in [1.82, 2.24) is 19.9 Å². The summed E-state index contributed by atoms with van der Waals surface area (Å²) in [7, 11) is 2.03. The van der Waals surface area contributed by atoms with Gasteiger partial charge in [0.25, 0.3) is 0 Å². The van der Waals surface area contributed by atoms with Crippen molar-refractivity contribution in [3.63, 3.8) is 0 Å². The summed E-state index contributed by atoms with van der Waals surface area (Å²) in [5.74, 6) is 1.07. The van der Waals surface area contributed by atoms with Gasteiger partial charge in [0.2, 0.25) is 11.8 Å². The molecule has 1 amide bonds. The molecule has 2 fully saturated rings. The van der Waals surface area contributed by atoms with Crippen LogP contribution >= 0.6 is 0 Å². The Hall–Kier alpha value is -3.36. The van der Waals surface area contributed by atoms with E-state index in [4.69, 9.17) is 9.40 Å². The molecule has 1 aliphatic heterocycles. The van der Waals surface area contributed by atoms with Crippen LogP contribution < -0.4 is 5.32 Å². The summed E-state index contributed by atoms with van der Waals surface area (Å²) in [5.41, 5.74) is 2.88. The van der Waals surface area contributed by atoms with Gasteiger partial charge in [0.05, 0.1) is 5.56 Å². The summed E-state index contributed by atoms with van der Waals surface area (Å²) in [4.78, 5) is 28.1. The first-order valence-corrected chi connectivity index (χ1v) is 11.8. The highest BCUT2D eigenvalue weighted by Gasteiger charge is 2.34. The summed E-state index contributed by atoms with van der Waals surface area (Å²) in [6.45, 7) is 3.51. The van der Waals surface area contributed by atoms with Crippen LogP contribution in [0.1, 0.15) is 36.9 Å². The summed E-state index contributed by atoms with van der Waals surface area (Å²) in [5, 5.41) is 15.9. The Labute approximate surface area is 197 Å². The summed E-state index contributed by atoms with van der Waals surface area (Å²) >= 11 is 0. The Bertz CT molecular complexity index is 1430. The van der Waals surface area contributed by atoms with Crippen LogP contribution in [-0.2, 0) is 10.4 Å². The first kappa shape index (κ1) is 21.2. The van der Waals surface area contributed by atoms with E-state index in [1.165, 1.54) is 0 Å². The van der Waals surface area contributed by atoms with Crippen molar-refractivity contribution in [2.45, 2.75) is 38.2 Å². The second-order valence-electron chi connectivity index (χ2n) is 9.71. The number of aromatic nitrogens is 3. The van der Waals surface area contributed by atoms with Crippen LogP contribution in [0.25, 0.3) is 33.3 Å². The quantitative estimate of drug-likeness (QED) is 0.477. The average molecular weight is 458 g/mol. The maximum atomic E-state index is 12.2. The van der Waals surface area contributed by atoms with E-state index in [0.717, 1.165) is 59.8 Å². The number of rotatable bonds is 4. The molecule has 4 aromatic rings. The van der Waals surface area contributed by atoms with Gasteiger partial charge < -0.3 is 19.7 Å². The lowest BCUT2D eigenvalue weighted by Crippen LogP contribution is -2.44. The summed E-state index contributed by atoms with van der Waals surface area (Å²) in [6.07, 6.45) is 7.03. The fourth-order valence-corrected chi connectivity index (χ4v) is 4.89. The number of carbonyl (C=O) groups is 1. The molecule has 8 heteroatoms. The standard InChI is InChI=1S/C26H27N5O3/c1-15-19-12-28-23(30-24(32)16-4-5-16)11-18(19)20(13-27-15)25-29-21-10-17(6-7-22(21)34-25)26(33)8-3-9-31(2)14-26/h6-7,10-13,16,33H,3-5,8-9,14H2,1-2H3,(H,28,30,32)/t26-/m0/s1. The SMILES string of the molecule is Cc1ncc(-c2nc3cc([C@]4(O)CCCN(C)C4)ccc3o2)c2cc(NC(=O)C3CC3)ncc12. The molecule has 0 spiro atoms. The molecule has 3 aromatic heterocycles. The number of carbonyl (C=O) groups excluding carboxylic acids is 1. The Morgan fingerprint density at radius 2 is 2.06 bits per heavy atom. The van der Waals surface area contributed by atoms with Crippen molar-refractivity contribution in [1.29, 1.82) is 0 Å². The van der Waals surface area contributed by atoms with E-state index in [2.05, 4.69) is 20.2 Å². The Balaban J connectivity index is 1.40. The van der Waals surface area contributed by atoms with Gasteiger partial charge in [0, 0.05) is 41.3 Å².